The van der Waals surface area contributed by atoms with Crippen molar-refractivity contribution < 1.29 is 28.9 Å². The highest BCUT2D eigenvalue weighted by molar-refractivity contribution is 5.88. The topological polar surface area (TPSA) is 97.3 Å². The van der Waals surface area contributed by atoms with Crippen molar-refractivity contribution in [2.45, 2.75) is 137 Å². The van der Waals surface area contributed by atoms with E-state index in [9.17, 15) is 14.7 Å². The molecule has 6 fully saturated rings. The Labute approximate surface area is 337 Å². The third kappa shape index (κ3) is 6.49. The van der Waals surface area contributed by atoms with Crippen LogP contribution < -0.4 is 5.32 Å². The molecule has 56 heavy (non-hydrogen) atoms. The van der Waals surface area contributed by atoms with Gasteiger partial charge in [0, 0.05) is 25.7 Å². The average molecular weight is 773 g/mol. The van der Waals surface area contributed by atoms with Crippen molar-refractivity contribution in [1.82, 2.24) is 10.2 Å². The highest BCUT2D eigenvalue weighted by Crippen LogP contribution is 2.78. The molecule has 0 bridgehead atoms. The molecule has 6 aliphatic carbocycles. The number of hydrogen-bond acceptors (Lipinski definition) is 5. The van der Waals surface area contributed by atoms with Gasteiger partial charge in [0.1, 0.15) is 0 Å². The summed E-state index contributed by atoms with van der Waals surface area (Å²) in [6.45, 7) is 19.5. The predicted molar refractivity (Wildman–Crippen MR) is 220 cm³/mol. The fraction of sp³-hybridized carbons (Fsp3) is 0.792. The van der Waals surface area contributed by atoms with Crippen LogP contribution in [-0.4, -0.2) is 80.3 Å². The number of ether oxygens (including phenoxy) is 3. The monoisotopic (exact) mass is 773 g/mol. The summed E-state index contributed by atoms with van der Waals surface area (Å²) in [5.41, 5.74) is 3.94. The largest absolute Gasteiger partial charge is 0.478 e. The van der Waals surface area contributed by atoms with Crippen molar-refractivity contribution in [1.29, 1.82) is 0 Å². The molecule has 1 aromatic rings. The SMILES string of the molecule is COCCOCCOC1CCN(C(=O)N[C@]23CC[C@@H](C4(C)CC4)C2[C@H]2CCC4[C@@]5(C)CC=C(c6ccc(C(=O)O)cc6)C(C)(C)[C@@H]5CC[C@@]4(C)[C@]2(C)CC3)CC1. The number of likely N-dealkylation sites (tertiary alicyclic amines) is 1. The van der Waals surface area contributed by atoms with Gasteiger partial charge >= 0.3 is 12.0 Å². The molecule has 2 unspecified atom stereocenters. The molecule has 9 atom stereocenters. The van der Waals surface area contributed by atoms with Crippen LogP contribution in [0.15, 0.2) is 30.3 Å². The van der Waals surface area contributed by atoms with Crippen LogP contribution in [0.3, 0.4) is 0 Å². The maximum absolute atomic E-state index is 14.3. The van der Waals surface area contributed by atoms with Crippen molar-refractivity contribution in [3.63, 3.8) is 0 Å². The smallest absolute Gasteiger partial charge is 0.335 e. The first-order valence-corrected chi connectivity index (χ1v) is 22.4. The summed E-state index contributed by atoms with van der Waals surface area (Å²) in [6, 6.07) is 7.77. The van der Waals surface area contributed by atoms with Gasteiger partial charge in [0.25, 0.3) is 0 Å². The average Bonchev–Trinajstić information content (AvgIpc) is 3.80. The molecule has 1 heterocycles. The maximum Gasteiger partial charge on any atom is 0.335 e. The van der Waals surface area contributed by atoms with Crippen LogP contribution in [-0.2, 0) is 14.2 Å². The summed E-state index contributed by atoms with van der Waals surface area (Å²) in [7, 11) is 1.68. The molecule has 8 rings (SSSR count). The lowest BCUT2D eigenvalue weighted by Crippen LogP contribution is -2.69. The standard InChI is InChI=1S/C48H72N2O6/c1-43(2)35(32-8-10-33(11-9-32)41(51)52)14-19-45(4)38(43)16-20-47(6)39(45)13-12-37-40-36(44(3)22-23-44)15-21-48(40,25-24-46(37,47)5)49-42(53)50-26-17-34(18-27-50)56-31-30-55-29-28-54-7/h8-11,14,34,36-40H,12-13,15-31H2,1-7H3,(H,49,53)(H,51,52)/t36-,37-,38+,39?,40?,45+,46-,47-,48+/m1/s1. The molecule has 310 valence electrons. The second-order valence-corrected chi connectivity index (χ2v) is 21.2. The Hall–Kier alpha value is -2.42. The molecule has 1 aliphatic heterocycles. The van der Waals surface area contributed by atoms with Gasteiger partial charge in [0.15, 0.2) is 0 Å². The van der Waals surface area contributed by atoms with Crippen LogP contribution in [0.4, 0.5) is 4.79 Å². The Balaban J connectivity index is 0.999. The Bertz CT molecular complexity index is 1660. The zero-order valence-corrected chi connectivity index (χ0v) is 35.7. The summed E-state index contributed by atoms with van der Waals surface area (Å²) >= 11 is 0. The Kier molecular flexibility index (Phi) is 10.6. The summed E-state index contributed by atoms with van der Waals surface area (Å²) < 4.78 is 16.8. The number of carbonyl (C=O) groups is 2. The quantitative estimate of drug-likeness (QED) is 0.218. The first-order chi connectivity index (χ1) is 26.6. The van der Waals surface area contributed by atoms with Crippen LogP contribution in [0.1, 0.15) is 141 Å². The Morgan fingerprint density at radius 1 is 0.768 bits per heavy atom. The molecule has 0 spiro atoms. The molecule has 7 aliphatic rings. The molecule has 1 saturated heterocycles. The lowest BCUT2D eigenvalue weighted by Gasteiger charge is -2.72. The minimum absolute atomic E-state index is 0.000964. The van der Waals surface area contributed by atoms with Crippen molar-refractivity contribution in [2.24, 2.45) is 56.7 Å². The van der Waals surface area contributed by atoms with Gasteiger partial charge in [0.05, 0.1) is 38.1 Å². The second-order valence-electron chi connectivity index (χ2n) is 21.2. The molecular formula is C48H72N2O6. The van der Waals surface area contributed by atoms with Gasteiger partial charge in [-0.15, -0.1) is 0 Å². The number of aromatic carboxylic acids is 1. The van der Waals surface area contributed by atoms with Crippen molar-refractivity contribution >= 4 is 17.6 Å². The van der Waals surface area contributed by atoms with E-state index in [0.29, 0.717) is 67.0 Å². The number of hydrogen-bond donors (Lipinski definition) is 2. The van der Waals surface area contributed by atoms with Crippen LogP contribution in [0.25, 0.3) is 5.57 Å². The fourth-order valence-electron chi connectivity index (χ4n) is 15.1. The van der Waals surface area contributed by atoms with E-state index >= 15 is 0 Å². The van der Waals surface area contributed by atoms with Gasteiger partial charge in [-0.2, -0.15) is 0 Å². The number of piperidine rings is 1. The Morgan fingerprint density at radius 2 is 1.48 bits per heavy atom. The number of carbonyl (C=O) groups excluding carboxylic acids is 1. The van der Waals surface area contributed by atoms with Crippen molar-refractivity contribution in [3.8, 4) is 0 Å². The molecule has 0 aromatic heterocycles. The van der Waals surface area contributed by atoms with Crippen molar-refractivity contribution in [2.75, 3.05) is 46.6 Å². The zero-order chi connectivity index (χ0) is 39.7. The normalized spacial score (nSPS) is 39.7. The number of amides is 2. The van der Waals surface area contributed by atoms with E-state index < -0.39 is 5.97 Å². The number of fused-ring (bicyclic) bond motifs is 7. The van der Waals surface area contributed by atoms with Crippen LogP contribution in [0, 0.1) is 56.7 Å². The maximum atomic E-state index is 14.3. The third-order valence-corrected chi connectivity index (χ3v) is 18.5. The molecule has 5 saturated carbocycles. The third-order valence-electron chi connectivity index (χ3n) is 18.5. The molecule has 1 aromatic carbocycles. The highest BCUT2D eigenvalue weighted by Gasteiger charge is 2.72. The van der Waals surface area contributed by atoms with E-state index in [0.717, 1.165) is 45.2 Å². The molecule has 0 radical (unpaired) electrons. The lowest BCUT2D eigenvalue weighted by molar-refractivity contribution is -0.221. The number of urea groups is 1. The number of nitrogens with zero attached hydrogens (tertiary/aromatic N) is 1. The summed E-state index contributed by atoms with van der Waals surface area (Å²) in [4.78, 5) is 28.0. The van der Waals surface area contributed by atoms with Crippen molar-refractivity contribution in [3.05, 3.63) is 41.5 Å². The van der Waals surface area contributed by atoms with Crippen LogP contribution in [0.2, 0.25) is 0 Å². The van der Waals surface area contributed by atoms with Gasteiger partial charge in [0.2, 0.25) is 0 Å². The highest BCUT2D eigenvalue weighted by atomic mass is 16.5. The number of carboxylic acid groups (broad SMARTS) is 1. The van der Waals surface area contributed by atoms with Gasteiger partial charge < -0.3 is 29.5 Å². The predicted octanol–water partition coefficient (Wildman–Crippen LogP) is 9.87. The summed E-state index contributed by atoms with van der Waals surface area (Å²) in [5, 5.41) is 13.4. The van der Waals surface area contributed by atoms with Crippen LogP contribution >= 0.6 is 0 Å². The van der Waals surface area contributed by atoms with E-state index in [-0.39, 0.29) is 39.3 Å². The summed E-state index contributed by atoms with van der Waals surface area (Å²) in [6.07, 6.45) is 18.0. The van der Waals surface area contributed by atoms with E-state index in [1.807, 2.05) is 12.1 Å². The summed E-state index contributed by atoms with van der Waals surface area (Å²) in [5.74, 6) is 2.22. The first kappa shape index (κ1) is 40.4. The number of methoxy groups -OCH3 is 1. The van der Waals surface area contributed by atoms with E-state index in [1.165, 1.54) is 62.5 Å². The van der Waals surface area contributed by atoms with E-state index in [1.54, 1.807) is 19.2 Å². The minimum atomic E-state index is -0.868. The fourth-order valence-corrected chi connectivity index (χ4v) is 15.1. The number of rotatable bonds is 11. The van der Waals surface area contributed by atoms with Gasteiger partial charge in [-0.25, -0.2) is 9.59 Å². The van der Waals surface area contributed by atoms with Gasteiger partial charge in [-0.3, -0.25) is 0 Å². The number of benzene rings is 1. The van der Waals surface area contributed by atoms with Gasteiger partial charge in [-0.1, -0.05) is 59.8 Å². The minimum Gasteiger partial charge on any atom is -0.478 e. The van der Waals surface area contributed by atoms with Gasteiger partial charge in [-0.05, 0) is 163 Å². The zero-order valence-electron chi connectivity index (χ0n) is 35.7. The van der Waals surface area contributed by atoms with E-state index in [2.05, 4.69) is 57.8 Å². The lowest BCUT2D eigenvalue weighted by atomic mass is 9.32. The first-order valence-electron chi connectivity index (χ1n) is 22.4. The molecule has 2 N–H and O–H groups in total. The second kappa shape index (κ2) is 14.7. The number of carboxylic acids is 1. The molecule has 2 amide bonds. The molecular weight excluding hydrogens is 701 g/mol. The number of nitrogens with one attached hydrogen (secondary N) is 1. The van der Waals surface area contributed by atoms with E-state index in [4.69, 9.17) is 14.2 Å². The number of allylic oxidation sites excluding steroid dienone is 2. The Morgan fingerprint density at radius 3 is 2.16 bits per heavy atom. The molecule has 8 nitrogen and oxygen atoms in total. The van der Waals surface area contributed by atoms with Crippen LogP contribution in [0.5, 0.6) is 0 Å². The molecule has 8 heteroatoms.